The molecule has 7 heteroatoms. The van der Waals surface area contributed by atoms with E-state index in [4.69, 9.17) is 0 Å². The number of nitrogens with one attached hydrogen (secondary N) is 2. The summed E-state index contributed by atoms with van der Waals surface area (Å²) in [5, 5.41) is 19.2. The zero-order valence-corrected chi connectivity index (χ0v) is 16.3. The number of aromatic nitrogens is 2. The molecule has 146 valence electrons. The number of hydrogen-bond acceptors (Lipinski definition) is 4. The Morgan fingerprint density at radius 2 is 1.81 bits per heavy atom. The molecule has 0 saturated carbocycles. The first-order chi connectivity index (χ1) is 12.8. The van der Waals surface area contributed by atoms with Crippen molar-refractivity contribution in [2.45, 2.75) is 46.7 Å². The van der Waals surface area contributed by atoms with Gasteiger partial charge in [-0.05, 0) is 31.7 Å². The van der Waals surface area contributed by atoms with Crippen LogP contribution < -0.4 is 10.6 Å². The van der Waals surface area contributed by atoms with Crippen molar-refractivity contribution in [2.24, 2.45) is 5.92 Å². The lowest BCUT2D eigenvalue weighted by Gasteiger charge is -2.16. The van der Waals surface area contributed by atoms with Gasteiger partial charge in [-0.1, -0.05) is 44.2 Å². The SMILES string of the molecule is Cc1nn(CC(C)C)c(C)c1NC(=O)C(=O)N[C@@H](CO)Cc1ccccc1. The summed E-state index contributed by atoms with van der Waals surface area (Å²) in [7, 11) is 0. The molecule has 1 aromatic heterocycles. The summed E-state index contributed by atoms with van der Waals surface area (Å²) < 4.78 is 1.83. The number of amides is 2. The minimum absolute atomic E-state index is 0.252. The quantitative estimate of drug-likeness (QED) is 0.646. The minimum Gasteiger partial charge on any atom is -0.394 e. The summed E-state index contributed by atoms with van der Waals surface area (Å²) in [6.07, 6.45) is 0.445. The van der Waals surface area contributed by atoms with E-state index in [-0.39, 0.29) is 6.61 Å². The van der Waals surface area contributed by atoms with E-state index in [0.29, 0.717) is 23.7 Å². The number of carbonyl (C=O) groups is 2. The maximum atomic E-state index is 12.3. The van der Waals surface area contributed by atoms with Crippen molar-refractivity contribution in [2.75, 3.05) is 11.9 Å². The molecule has 0 aliphatic heterocycles. The monoisotopic (exact) mass is 372 g/mol. The summed E-state index contributed by atoms with van der Waals surface area (Å²) >= 11 is 0. The molecule has 0 saturated heterocycles. The van der Waals surface area contributed by atoms with Crippen LogP contribution in [0, 0.1) is 19.8 Å². The molecule has 7 nitrogen and oxygen atoms in total. The summed E-state index contributed by atoms with van der Waals surface area (Å²) in [4.78, 5) is 24.6. The van der Waals surface area contributed by atoms with Crippen LogP contribution in [-0.4, -0.2) is 39.4 Å². The first-order valence-electron chi connectivity index (χ1n) is 9.12. The van der Waals surface area contributed by atoms with E-state index >= 15 is 0 Å². The van der Waals surface area contributed by atoms with Gasteiger partial charge < -0.3 is 15.7 Å². The van der Waals surface area contributed by atoms with Crippen LogP contribution in [0.5, 0.6) is 0 Å². The van der Waals surface area contributed by atoms with E-state index < -0.39 is 17.9 Å². The number of hydrogen-bond donors (Lipinski definition) is 3. The van der Waals surface area contributed by atoms with Crippen molar-refractivity contribution >= 4 is 17.5 Å². The number of aliphatic hydroxyl groups excluding tert-OH is 1. The number of rotatable bonds is 7. The Labute approximate surface area is 159 Å². The fraction of sp³-hybridized carbons (Fsp3) is 0.450. The Kier molecular flexibility index (Phi) is 7.12. The largest absolute Gasteiger partial charge is 0.394 e. The van der Waals surface area contributed by atoms with Crippen LogP contribution in [0.2, 0.25) is 0 Å². The first kappa shape index (κ1) is 20.6. The molecule has 3 N–H and O–H groups in total. The molecule has 0 radical (unpaired) electrons. The topological polar surface area (TPSA) is 96.2 Å². The van der Waals surface area contributed by atoms with Crippen molar-refractivity contribution < 1.29 is 14.7 Å². The van der Waals surface area contributed by atoms with Gasteiger partial charge in [0, 0.05) is 6.54 Å². The normalized spacial score (nSPS) is 12.1. The number of nitrogens with zero attached hydrogens (tertiary/aromatic N) is 2. The summed E-state index contributed by atoms with van der Waals surface area (Å²) in [5.41, 5.74) is 3.00. The average molecular weight is 372 g/mol. The van der Waals surface area contributed by atoms with Crippen molar-refractivity contribution in [1.29, 1.82) is 0 Å². The molecule has 0 bridgehead atoms. The molecule has 1 aromatic carbocycles. The lowest BCUT2D eigenvalue weighted by atomic mass is 10.1. The molecule has 0 unspecified atom stereocenters. The highest BCUT2D eigenvalue weighted by atomic mass is 16.3. The van der Waals surface area contributed by atoms with Crippen molar-refractivity contribution in [3.8, 4) is 0 Å². The van der Waals surface area contributed by atoms with E-state index in [2.05, 4.69) is 29.6 Å². The summed E-state index contributed by atoms with van der Waals surface area (Å²) in [6.45, 7) is 8.32. The van der Waals surface area contributed by atoms with Gasteiger partial charge >= 0.3 is 11.8 Å². The molecule has 1 heterocycles. The highest BCUT2D eigenvalue weighted by Crippen LogP contribution is 2.20. The number of carbonyl (C=O) groups excluding carboxylic acids is 2. The molecule has 2 rings (SSSR count). The van der Waals surface area contributed by atoms with E-state index in [1.165, 1.54) is 0 Å². The number of aliphatic hydroxyl groups is 1. The molecule has 1 atom stereocenters. The van der Waals surface area contributed by atoms with Gasteiger partial charge in [-0.15, -0.1) is 0 Å². The smallest absolute Gasteiger partial charge is 0.313 e. The van der Waals surface area contributed by atoms with Crippen molar-refractivity contribution in [1.82, 2.24) is 15.1 Å². The van der Waals surface area contributed by atoms with Crippen LogP contribution in [0.4, 0.5) is 5.69 Å². The lowest BCUT2D eigenvalue weighted by Crippen LogP contribution is -2.44. The van der Waals surface area contributed by atoms with Gasteiger partial charge in [-0.3, -0.25) is 14.3 Å². The highest BCUT2D eigenvalue weighted by molar-refractivity contribution is 6.39. The molecular formula is C20H28N4O3. The predicted molar refractivity (Wildman–Crippen MR) is 104 cm³/mol. The Balaban J connectivity index is 2.01. The Morgan fingerprint density at radius 3 is 2.41 bits per heavy atom. The van der Waals surface area contributed by atoms with Crippen LogP contribution in [0.1, 0.15) is 30.8 Å². The van der Waals surface area contributed by atoms with Gasteiger partial charge in [0.15, 0.2) is 0 Å². The molecule has 27 heavy (non-hydrogen) atoms. The Hall–Kier alpha value is -2.67. The predicted octanol–water partition coefficient (Wildman–Crippen LogP) is 1.81. The Bertz CT molecular complexity index is 784. The summed E-state index contributed by atoms with van der Waals surface area (Å²) in [6, 6.07) is 8.96. The molecule has 2 amide bonds. The molecular weight excluding hydrogens is 344 g/mol. The van der Waals surface area contributed by atoms with Crippen LogP contribution in [-0.2, 0) is 22.6 Å². The molecule has 2 aromatic rings. The van der Waals surface area contributed by atoms with Gasteiger partial charge in [-0.25, -0.2) is 0 Å². The van der Waals surface area contributed by atoms with Crippen LogP contribution in [0.15, 0.2) is 30.3 Å². The third-order valence-corrected chi connectivity index (χ3v) is 4.24. The van der Waals surface area contributed by atoms with E-state index in [1.54, 1.807) is 6.92 Å². The lowest BCUT2D eigenvalue weighted by molar-refractivity contribution is -0.136. The average Bonchev–Trinajstić information content (AvgIpc) is 2.88. The van der Waals surface area contributed by atoms with Gasteiger partial charge in [0.05, 0.1) is 29.7 Å². The second-order valence-corrected chi connectivity index (χ2v) is 7.12. The standard InChI is InChI=1S/C20H28N4O3/c1-13(2)11-24-15(4)18(14(3)23-24)22-20(27)19(26)21-17(12-25)10-16-8-6-5-7-9-16/h5-9,13,17,25H,10-12H2,1-4H3,(H,21,26)(H,22,27)/t17-/m1/s1. The maximum Gasteiger partial charge on any atom is 0.313 e. The third-order valence-electron chi connectivity index (χ3n) is 4.24. The molecule has 0 aliphatic carbocycles. The van der Waals surface area contributed by atoms with Gasteiger partial charge in [-0.2, -0.15) is 5.10 Å². The van der Waals surface area contributed by atoms with Crippen molar-refractivity contribution in [3.63, 3.8) is 0 Å². The minimum atomic E-state index is -0.777. The second-order valence-electron chi connectivity index (χ2n) is 7.12. The fourth-order valence-corrected chi connectivity index (χ4v) is 2.88. The van der Waals surface area contributed by atoms with E-state index in [0.717, 1.165) is 17.8 Å². The molecule has 0 spiro atoms. The molecule has 0 aliphatic rings. The summed E-state index contributed by atoms with van der Waals surface area (Å²) in [5.74, 6) is -1.13. The zero-order valence-electron chi connectivity index (χ0n) is 16.3. The van der Waals surface area contributed by atoms with E-state index in [9.17, 15) is 14.7 Å². The van der Waals surface area contributed by atoms with Gasteiger partial charge in [0.25, 0.3) is 0 Å². The second kappa shape index (κ2) is 9.32. The fourth-order valence-electron chi connectivity index (χ4n) is 2.88. The number of anilines is 1. The number of aryl methyl sites for hydroxylation is 1. The Morgan fingerprint density at radius 1 is 1.15 bits per heavy atom. The third kappa shape index (κ3) is 5.65. The first-order valence-corrected chi connectivity index (χ1v) is 9.12. The highest BCUT2D eigenvalue weighted by Gasteiger charge is 2.22. The van der Waals surface area contributed by atoms with Gasteiger partial charge in [0.1, 0.15) is 0 Å². The van der Waals surface area contributed by atoms with Crippen LogP contribution in [0.25, 0.3) is 0 Å². The van der Waals surface area contributed by atoms with Crippen molar-refractivity contribution in [3.05, 3.63) is 47.3 Å². The van der Waals surface area contributed by atoms with Gasteiger partial charge in [0.2, 0.25) is 0 Å². The zero-order chi connectivity index (χ0) is 20.0. The molecule has 0 fully saturated rings. The van der Waals surface area contributed by atoms with E-state index in [1.807, 2.05) is 41.9 Å². The van der Waals surface area contributed by atoms with Crippen LogP contribution in [0.3, 0.4) is 0 Å². The van der Waals surface area contributed by atoms with Crippen LogP contribution >= 0.6 is 0 Å². The maximum absolute atomic E-state index is 12.3. The number of benzene rings is 1.